The highest BCUT2D eigenvalue weighted by molar-refractivity contribution is 5.93. The minimum absolute atomic E-state index is 0.0910. The van der Waals surface area contributed by atoms with E-state index < -0.39 is 0 Å². The molecule has 0 saturated carbocycles. The maximum Gasteiger partial charge on any atom is 0.282 e. The summed E-state index contributed by atoms with van der Waals surface area (Å²) in [7, 11) is 4.07. The molecule has 0 N–H and O–H groups in total. The zero-order chi connectivity index (χ0) is 21.5. The van der Waals surface area contributed by atoms with Crippen molar-refractivity contribution in [1.29, 1.82) is 0 Å². The summed E-state index contributed by atoms with van der Waals surface area (Å²) in [6.45, 7) is 2.68. The van der Waals surface area contributed by atoms with Crippen LogP contribution in [0.15, 0.2) is 83.8 Å². The Morgan fingerprint density at radius 3 is 2.35 bits per heavy atom. The molecule has 2 aliphatic heterocycles. The van der Waals surface area contributed by atoms with Gasteiger partial charge in [0, 0.05) is 37.9 Å². The summed E-state index contributed by atoms with van der Waals surface area (Å²) in [5.74, 6) is 0. The molecule has 0 aliphatic carbocycles. The number of aromatic nitrogens is 3. The molecule has 0 amide bonds. The van der Waals surface area contributed by atoms with Gasteiger partial charge in [-0.3, -0.25) is 4.79 Å². The number of rotatable bonds is 4. The minimum Gasteiger partial charge on any atom is -0.378 e. The summed E-state index contributed by atoms with van der Waals surface area (Å²) in [6.07, 6.45) is 1.95. The van der Waals surface area contributed by atoms with E-state index in [1.807, 2.05) is 69.7 Å². The second-order valence-corrected chi connectivity index (χ2v) is 8.10. The summed E-state index contributed by atoms with van der Waals surface area (Å²) in [5.41, 5.74) is 6.52. The number of nitrogens with zero attached hydrogens (tertiary/aromatic N) is 4. The van der Waals surface area contributed by atoms with Gasteiger partial charge in [-0.15, -0.1) is 0 Å². The topological polar surface area (TPSA) is 43.1 Å². The molecule has 31 heavy (non-hydrogen) atoms. The van der Waals surface area contributed by atoms with Gasteiger partial charge in [-0.2, -0.15) is 9.78 Å². The Labute approximate surface area is 181 Å². The zero-order valence-corrected chi connectivity index (χ0v) is 17.9. The van der Waals surface area contributed by atoms with Gasteiger partial charge in [-0.25, -0.2) is 0 Å². The number of pyridine rings is 1. The number of hydrogen-bond donors (Lipinski definition) is 0. The number of hydrogen-bond acceptors (Lipinski definition) is 3. The van der Waals surface area contributed by atoms with Crippen LogP contribution >= 0.6 is 0 Å². The third-order valence-electron chi connectivity index (χ3n) is 5.78. The first-order valence-electron chi connectivity index (χ1n) is 10.4. The van der Waals surface area contributed by atoms with Crippen molar-refractivity contribution in [3.8, 4) is 16.9 Å². The highest BCUT2D eigenvalue weighted by Gasteiger charge is 2.21. The lowest BCUT2D eigenvalue weighted by Gasteiger charge is -2.15. The number of aryl methyl sites for hydroxylation is 1. The third kappa shape index (κ3) is 3.28. The molecule has 0 aromatic heterocycles. The second kappa shape index (κ2) is 7.43. The predicted molar refractivity (Wildman–Crippen MR) is 127 cm³/mol. The van der Waals surface area contributed by atoms with Crippen molar-refractivity contribution in [3.63, 3.8) is 0 Å². The van der Waals surface area contributed by atoms with Crippen molar-refractivity contribution in [2.45, 2.75) is 13.5 Å². The highest BCUT2D eigenvalue weighted by Crippen LogP contribution is 2.29. The first-order chi connectivity index (χ1) is 15.0. The van der Waals surface area contributed by atoms with E-state index in [9.17, 15) is 4.79 Å². The Bertz CT molecular complexity index is 1410. The minimum atomic E-state index is -0.0910. The molecule has 5 nitrogen and oxygen atoms in total. The first-order valence-corrected chi connectivity index (χ1v) is 10.4. The normalized spacial score (nSPS) is 11.3. The number of anilines is 1. The maximum atomic E-state index is 13.3. The van der Waals surface area contributed by atoms with Crippen LogP contribution in [-0.2, 0) is 6.54 Å². The standard InChI is InChI=1S/C26H24N4O/c1-18-8-4-6-10-23(18)30-26(31)22-17-29(16-19-12-14-20(15-13-19)28(2)3)24-11-7-5-9-21(24)25(22)27-30/h4-15,17H,16H2,1-3H3. The molecule has 0 radical (unpaired) electrons. The summed E-state index contributed by atoms with van der Waals surface area (Å²) >= 11 is 0. The Kier molecular flexibility index (Phi) is 4.59. The van der Waals surface area contributed by atoms with Crippen molar-refractivity contribution in [3.05, 3.63) is 100 Å². The molecule has 5 heteroatoms. The van der Waals surface area contributed by atoms with Crippen molar-refractivity contribution >= 4 is 16.6 Å². The molecule has 0 saturated heterocycles. The Balaban J connectivity index is 1.69. The third-order valence-corrected chi connectivity index (χ3v) is 5.78. The first kappa shape index (κ1) is 19.1. The fraction of sp³-hybridized carbons (Fsp3) is 0.154. The molecule has 5 rings (SSSR count). The fourth-order valence-electron chi connectivity index (χ4n) is 4.07. The van der Waals surface area contributed by atoms with E-state index in [4.69, 9.17) is 5.10 Å². The van der Waals surface area contributed by atoms with Crippen LogP contribution in [0.2, 0.25) is 0 Å². The second-order valence-electron chi connectivity index (χ2n) is 8.10. The van der Waals surface area contributed by atoms with Crippen LogP contribution in [0.1, 0.15) is 11.1 Å². The molecule has 0 bridgehead atoms. The van der Waals surface area contributed by atoms with Crippen molar-refractivity contribution in [1.82, 2.24) is 14.3 Å². The van der Waals surface area contributed by atoms with Gasteiger partial charge in [0.25, 0.3) is 5.56 Å². The van der Waals surface area contributed by atoms with E-state index in [2.05, 4.69) is 39.8 Å². The molecule has 0 fully saturated rings. The molecule has 3 aromatic rings. The van der Waals surface area contributed by atoms with E-state index in [1.165, 1.54) is 10.2 Å². The van der Waals surface area contributed by atoms with Crippen molar-refractivity contribution in [2.75, 3.05) is 19.0 Å². The lowest BCUT2D eigenvalue weighted by Crippen LogP contribution is -2.16. The maximum absolute atomic E-state index is 13.3. The largest absolute Gasteiger partial charge is 0.378 e. The van der Waals surface area contributed by atoms with E-state index in [-0.39, 0.29) is 5.56 Å². The predicted octanol–water partition coefficient (Wildman–Crippen LogP) is 4.71. The fourth-order valence-corrected chi connectivity index (χ4v) is 4.07. The van der Waals surface area contributed by atoms with Gasteiger partial charge in [0.2, 0.25) is 0 Å². The van der Waals surface area contributed by atoms with Gasteiger partial charge < -0.3 is 9.47 Å². The summed E-state index contributed by atoms with van der Waals surface area (Å²) < 4.78 is 3.68. The van der Waals surface area contributed by atoms with Crippen LogP contribution < -0.4 is 10.5 Å². The molecular formula is C26H24N4O. The smallest absolute Gasteiger partial charge is 0.282 e. The van der Waals surface area contributed by atoms with Gasteiger partial charge in [0.05, 0.1) is 16.8 Å². The van der Waals surface area contributed by atoms with E-state index >= 15 is 0 Å². The summed E-state index contributed by atoms with van der Waals surface area (Å²) in [5, 5.41) is 5.72. The average Bonchev–Trinajstić information content (AvgIpc) is 3.11. The summed E-state index contributed by atoms with van der Waals surface area (Å²) in [6, 6.07) is 24.5. The van der Waals surface area contributed by atoms with Gasteiger partial charge in [-0.05, 0) is 42.3 Å². The van der Waals surface area contributed by atoms with Gasteiger partial charge in [-0.1, -0.05) is 48.5 Å². The Morgan fingerprint density at radius 1 is 0.903 bits per heavy atom. The van der Waals surface area contributed by atoms with Gasteiger partial charge in [0.1, 0.15) is 5.69 Å². The highest BCUT2D eigenvalue weighted by atomic mass is 16.1. The van der Waals surface area contributed by atoms with Gasteiger partial charge in [0.15, 0.2) is 0 Å². The molecular weight excluding hydrogens is 384 g/mol. The molecule has 0 spiro atoms. The van der Waals surface area contributed by atoms with E-state index in [0.29, 0.717) is 12.1 Å². The van der Waals surface area contributed by atoms with Crippen LogP contribution in [0.25, 0.3) is 27.8 Å². The van der Waals surface area contributed by atoms with E-state index in [0.717, 1.165) is 33.5 Å². The molecule has 2 heterocycles. The van der Waals surface area contributed by atoms with E-state index in [1.54, 1.807) is 0 Å². The SMILES string of the molecule is Cc1ccccc1-n1nc2c3ccccc3n(Cc3ccc(N(C)C)cc3)cc-2c1=O. The lowest BCUT2D eigenvalue weighted by molar-refractivity contribution is 0.827. The number of benzene rings is 3. The Morgan fingerprint density at radius 2 is 1.61 bits per heavy atom. The van der Waals surface area contributed by atoms with Crippen molar-refractivity contribution in [2.24, 2.45) is 0 Å². The molecule has 3 aromatic carbocycles. The van der Waals surface area contributed by atoms with Crippen LogP contribution in [0.3, 0.4) is 0 Å². The molecule has 154 valence electrons. The van der Waals surface area contributed by atoms with Crippen LogP contribution in [0.4, 0.5) is 5.69 Å². The van der Waals surface area contributed by atoms with Crippen LogP contribution in [0.5, 0.6) is 0 Å². The molecule has 2 aliphatic rings. The average molecular weight is 409 g/mol. The monoisotopic (exact) mass is 408 g/mol. The number of fused-ring (bicyclic) bond motifs is 3. The van der Waals surface area contributed by atoms with Crippen LogP contribution in [0, 0.1) is 6.92 Å². The zero-order valence-electron chi connectivity index (χ0n) is 17.9. The van der Waals surface area contributed by atoms with Crippen molar-refractivity contribution < 1.29 is 0 Å². The number of para-hydroxylation sites is 2. The molecule has 0 unspecified atom stereocenters. The van der Waals surface area contributed by atoms with Crippen LogP contribution in [-0.4, -0.2) is 28.4 Å². The quantitative estimate of drug-likeness (QED) is 0.432. The molecule has 0 atom stereocenters. The Hall–Kier alpha value is -3.86. The summed E-state index contributed by atoms with van der Waals surface area (Å²) in [4.78, 5) is 15.4. The van der Waals surface area contributed by atoms with Gasteiger partial charge >= 0.3 is 0 Å². The lowest BCUT2D eigenvalue weighted by atomic mass is 10.1.